The van der Waals surface area contributed by atoms with E-state index in [0.29, 0.717) is 41.4 Å². The predicted octanol–water partition coefficient (Wildman–Crippen LogP) is 5.92. The molecule has 12 nitrogen and oxygen atoms in total. The second-order valence-corrected chi connectivity index (χ2v) is 18.4. The molecular formula is C45H50Cl2FN7O5. The smallest absolute Gasteiger partial charge is 0.329 e. The Morgan fingerprint density at radius 3 is 2.47 bits per heavy atom. The number of halogens is 3. The molecule has 2 spiro atoms. The minimum Gasteiger partial charge on any atom is -0.352 e. The van der Waals surface area contributed by atoms with Gasteiger partial charge in [-0.05, 0) is 117 Å². The topological polar surface area (TPSA) is 155 Å². The van der Waals surface area contributed by atoms with Crippen molar-refractivity contribution in [1.29, 1.82) is 0 Å². The fourth-order valence-electron chi connectivity index (χ4n) is 11.4. The molecule has 3 aromatic carbocycles. The van der Waals surface area contributed by atoms with E-state index >= 15 is 4.39 Å². The van der Waals surface area contributed by atoms with Crippen molar-refractivity contribution in [3.63, 3.8) is 0 Å². The van der Waals surface area contributed by atoms with Crippen LogP contribution in [0.25, 0.3) is 11.0 Å². The molecule has 60 heavy (non-hydrogen) atoms. The summed E-state index contributed by atoms with van der Waals surface area (Å²) in [6.45, 7) is 1.57. The summed E-state index contributed by atoms with van der Waals surface area (Å²) < 4.78 is 19.3. The Morgan fingerprint density at radius 2 is 1.70 bits per heavy atom. The van der Waals surface area contributed by atoms with Crippen LogP contribution in [0.15, 0.2) is 59.4 Å². The number of hydrogen-bond donors (Lipinski definition) is 5. The molecule has 15 heteroatoms. The highest BCUT2D eigenvalue weighted by Crippen LogP contribution is 2.62. The Labute approximate surface area is 357 Å². The van der Waals surface area contributed by atoms with E-state index in [1.807, 2.05) is 24.3 Å². The number of rotatable bonds is 9. The van der Waals surface area contributed by atoms with Crippen LogP contribution in [0.4, 0.5) is 10.1 Å². The van der Waals surface area contributed by atoms with Gasteiger partial charge in [0.1, 0.15) is 17.3 Å². The van der Waals surface area contributed by atoms with Crippen molar-refractivity contribution in [2.24, 2.45) is 13.0 Å². The summed E-state index contributed by atoms with van der Waals surface area (Å²) in [5.74, 6) is -2.31. The molecule has 316 valence electrons. The molecule has 1 aromatic heterocycles. The van der Waals surface area contributed by atoms with Gasteiger partial charge in [0, 0.05) is 41.7 Å². The lowest BCUT2D eigenvalue weighted by Crippen LogP contribution is -2.60. The SMILES string of the molecule is Cn1c(=O)n(C2CCC(=O)NC2=O)c2ccc(CCNCC3CCC(NC(=O)[C@@H]4NC5(CCCCC5)[C@@]5(C(=O)Nc6cc(Cl)ccc65)[C@H]4c4cccc(Cl)c4F)CC3)cc21. The molecular weight excluding hydrogens is 808 g/mol. The summed E-state index contributed by atoms with van der Waals surface area (Å²) in [5.41, 5.74) is 1.70. The fraction of sp³-hybridized carbons (Fsp3) is 0.489. The lowest BCUT2D eigenvalue weighted by molar-refractivity contribution is -0.136. The molecule has 4 aromatic rings. The van der Waals surface area contributed by atoms with Gasteiger partial charge < -0.3 is 16.0 Å². The van der Waals surface area contributed by atoms with E-state index < -0.39 is 40.7 Å². The number of benzene rings is 3. The Kier molecular flexibility index (Phi) is 10.9. The number of nitrogens with zero attached hydrogens (tertiary/aromatic N) is 2. The van der Waals surface area contributed by atoms with Gasteiger partial charge in [-0.15, -0.1) is 0 Å². The number of imidazole rings is 1. The molecule has 2 saturated heterocycles. The minimum absolute atomic E-state index is 0.0530. The number of piperidine rings is 1. The molecule has 0 bridgehead atoms. The number of carbonyl (C=O) groups is 4. The first-order valence-electron chi connectivity index (χ1n) is 21.3. The zero-order valence-electron chi connectivity index (χ0n) is 33.6. The molecule has 4 fully saturated rings. The van der Waals surface area contributed by atoms with Gasteiger partial charge in [0.05, 0.1) is 22.1 Å². The average molecular weight is 859 g/mol. The molecule has 5 aliphatic rings. The summed E-state index contributed by atoms with van der Waals surface area (Å²) in [4.78, 5) is 66.7. The zero-order chi connectivity index (χ0) is 41.9. The van der Waals surface area contributed by atoms with Crippen molar-refractivity contribution in [2.75, 3.05) is 18.4 Å². The summed E-state index contributed by atoms with van der Waals surface area (Å²) in [6, 6.07) is 14.4. The van der Waals surface area contributed by atoms with Gasteiger partial charge in [0.25, 0.3) is 0 Å². The van der Waals surface area contributed by atoms with E-state index in [9.17, 15) is 24.0 Å². The van der Waals surface area contributed by atoms with Gasteiger partial charge in [0.2, 0.25) is 23.6 Å². The van der Waals surface area contributed by atoms with Gasteiger partial charge in [-0.3, -0.25) is 38.9 Å². The number of fused-ring (bicyclic) bond motifs is 4. The number of hydrogen-bond acceptors (Lipinski definition) is 7. The van der Waals surface area contributed by atoms with Crippen LogP contribution in [0, 0.1) is 11.7 Å². The number of nitrogens with one attached hydrogen (secondary N) is 5. The molecule has 3 aliphatic heterocycles. The highest BCUT2D eigenvalue weighted by atomic mass is 35.5. The van der Waals surface area contributed by atoms with Crippen molar-refractivity contribution in [3.05, 3.63) is 97.6 Å². The Bertz CT molecular complexity index is 2460. The Hall–Kier alpha value is -4.56. The van der Waals surface area contributed by atoms with Crippen molar-refractivity contribution in [3.8, 4) is 0 Å². The van der Waals surface area contributed by atoms with E-state index in [1.54, 1.807) is 35.9 Å². The number of amides is 4. The van der Waals surface area contributed by atoms with E-state index in [4.69, 9.17) is 23.2 Å². The van der Waals surface area contributed by atoms with E-state index in [-0.39, 0.29) is 46.5 Å². The third kappa shape index (κ3) is 6.76. The fourth-order valence-corrected chi connectivity index (χ4v) is 11.7. The molecule has 4 atom stereocenters. The first-order valence-corrected chi connectivity index (χ1v) is 22.0. The molecule has 0 radical (unpaired) electrons. The quantitative estimate of drug-likeness (QED) is 0.104. The van der Waals surface area contributed by atoms with Crippen LogP contribution in [0.5, 0.6) is 0 Å². The second-order valence-electron chi connectivity index (χ2n) is 17.5. The summed E-state index contributed by atoms with van der Waals surface area (Å²) in [5, 5.41) is 16.5. The average Bonchev–Trinajstić information content (AvgIpc) is 3.78. The highest BCUT2D eigenvalue weighted by molar-refractivity contribution is 6.31. The molecule has 2 saturated carbocycles. The predicted molar refractivity (Wildman–Crippen MR) is 228 cm³/mol. The van der Waals surface area contributed by atoms with Gasteiger partial charge in [-0.2, -0.15) is 0 Å². The van der Waals surface area contributed by atoms with Crippen molar-refractivity contribution in [1.82, 2.24) is 30.4 Å². The summed E-state index contributed by atoms with van der Waals surface area (Å²) >= 11 is 12.8. The Morgan fingerprint density at radius 1 is 0.917 bits per heavy atom. The van der Waals surface area contributed by atoms with E-state index in [1.165, 1.54) is 10.6 Å². The second kappa shape index (κ2) is 16.0. The van der Waals surface area contributed by atoms with Crippen molar-refractivity contribution in [2.45, 2.75) is 112 Å². The number of anilines is 1. The normalized spacial score (nSPS) is 27.3. The molecule has 5 N–H and O–H groups in total. The van der Waals surface area contributed by atoms with Crippen molar-refractivity contribution >= 4 is 63.6 Å². The van der Waals surface area contributed by atoms with Crippen molar-refractivity contribution < 1.29 is 23.6 Å². The number of imide groups is 1. The Balaban J connectivity index is 0.857. The highest BCUT2D eigenvalue weighted by Gasteiger charge is 2.72. The molecule has 2 aliphatic carbocycles. The number of aryl methyl sites for hydroxylation is 1. The standard InChI is InChI=1S/C45H50Cl2FN7O5/c1-54-35-22-25(10-15-33(35)55(43(54)60)34-16-17-36(56)52-40(34)57)18-21-49-24-26-8-12-28(13-9-26)50-41(58)39-37(29-6-5-7-31(47)38(29)48)45(44(53-39)19-3-2-4-20-44)30-14-11-27(46)23-32(30)51-42(45)59/h5-7,10-11,14-15,22-23,26,28,34,37,39,49,53H,2-4,8-9,12-13,16-21,24H2,1H3,(H,50,58)(H,51,59)(H,52,56,57)/t26?,28?,34?,37-,39+,45+/m0/s1. The lowest BCUT2D eigenvalue weighted by atomic mass is 9.55. The van der Waals surface area contributed by atoms with E-state index in [2.05, 4.69) is 26.6 Å². The maximum absolute atomic E-state index is 16.3. The zero-order valence-corrected chi connectivity index (χ0v) is 35.1. The molecule has 4 heterocycles. The van der Waals surface area contributed by atoms with Gasteiger partial charge in [-0.1, -0.05) is 66.7 Å². The maximum atomic E-state index is 16.3. The molecule has 1 unspecified atom stereocenters. The monoisotopic (exact) mass is 857 g/mol. The first-order chi connectivity index (χ1) is 28.9. The summed E-state index contributed by atoms with van der Waals surface area (Å²) in [7, 11) is 1.70. The third-order valence-corrected chi connectivity index (χ3v) is 14.7. The van der Waals surface area contributed by atoms with Crippen LogP contribution < -0.4 is 32.3 Å². The lowest BCUT2D eigenvalue weighted by Gasteiger charge is -2.47. The first kappa shape index (κ1) is 40.8. The maximum Gasteiger partial charge on any atom is 0.329 e. The van der Waals surface area contributed by atoms with Crippen LogP contribution >= 0.6 is 23.2 Å². The molecule has 9 rings (SSSR count). The van der Waals surface area contributed by atoms with Crippen LogP contribution in [-0.2, 0) is 38.1 Å². The van der Waals surface area contributed by atoms with Crippen LogP contribution in [0.3, 0.4) is 0 Å². The number of carbonyl (C=O) groups excluding carboxylic acids is 4. The molecule has 4 amide bonds. The van der Waals surface area contributed by atoms with Gasteiger partial charge in [-0.25, -0.2) is 9.18 Å². The largest absolute Gasteiger partial charge is 0.352 e. The summed E-state index contributed by atoms with van der Waals surface area (Å²) in [6.07, 6.45) is 8.77. The minimum atomic E-state index is -1.27. The third-order valence-electron chi connectivity index (χ3n) is 14.2. The number of aromatic nitrogens is 2. The van der Waals surface area contributed by atoms with Crippen LogP contribution in [-0.4, -0.2) is 63.5 Å². The van der Waals surface area contributed by atoms with Crippen LogP contribution in [0.2, 0.25) is 10.0 Å². The van der Waals surface area contributed by atoms with Crippen LogP contribution in [0.1, 0.15) is 99.3 Å². The van der Waals surface area contributed by atoms with Gasteiger partial charge >= 0.3 is 5.69 Å². The van der Waals surface area contributed by atoms with E-state index in [0.717, 1.165) is 81.1 Å². The van der Waals surface area contributed by atoms with Gasteiger partial charge in [0.15, 0.2) is 0 Å².